The van der Waals surface area contributed by atoms with E-state index in [1.807, 2.05) is 32.6 Å². The molecule has 0 unspecified atom stereocenters. The minimum absolute atomic E-state index is 0.0189. The van der Waals surface area contributed by atoms with E-state index in [1.54, 1.807) is 4.90 Å². The molecule has 1 atom stereocenters. The fourth-order valence-corrected chi connectivity index (χ4v) is 4.23. The van der Waals surface area contributed by atoms with Gasteiger partial charge in [0.15, 0.2) is 0 Å². The zero-order valence-corrected chi connectivity index (χ0v) is 15.1. The average molecular weight is 333 g/mol. The van der Waals surface area contributed by atoms with Crippen molar-refractivity contribution in [2.45, 2.75) is 64.5 Å². The second kappa shape index (κ2) is 6.22. The number of carbonyl (C=O) groups excluding carboxylic acids is 2. The van der Waals surface area contributed by atoms with E-state index in [2.05, 4.69) is 5.10 Å². The fourth-order valence-electron chi connectivity index (χ4n) is 4.23. The minimum atomic E-state index is -0.556. The van der Waals surface area contributed by atoms with E-state index in [9.17, 15) is 9.59 Å². The molecule has 24 heavy (non-hydrogen) atoms. The molecule has 2 heterocycles. The predicted octanol–water partition coefficient (Wildman–Crippen LogP) is 2.26. The highest BCUT2D eigenvalue weighted by Gasteiger charge is 2.53. The highest BCUT2D eigenvalue weighted by Crippen LogP contribution is 2.44. The topological polar surface area (TPSA) is 64.4 Å². The highest BCUT2D eigenvalue weighted by atomic mass is 16.6. The molecule has 2 fully saturated rings. The van der Waals surface area contributed by atoms with Crippen LogP contribution in [0, 0.1) is 19.8 Å². The number of aromatic nitrogens is 2. The van der Waals surface area contributed by atoms with Crippen molar-refractivity contribution < 1.29 is 14.3 Å². The number of amides is 1. The van der Waals surface area contributed by atoms with Gasteiger partial charge in [0.05, 0.1) is 18.0 Å². The van der Waals surface area contributed by atoms with Crippen LogP contribution in [-0.2, 0) is 27.9 Å². The SMILES string of the molecule is Cc1nn(C)c(C)c1CN(C)C(=O)[C@@H]1CC(=O)OC12CCCCC2. The van der Waals surface area contributed by atoms with Crippen molar-refractivity contribution in [1.29, 1.82) is 0 Å². The first-order valence-electron chi connectivity index (χ1n) is 8.80. The van der Waals surface area contributed by atoms with Gasteiger partial charge < -0.3 is 9.64 Å². The zero-order valence-electron chi connectivity index (χ0n) is 15.1. The van der Waals surface area contributed by atoms with Gasteiger partial charge in [0.1, 0.15) is 5.60 Å². The Kier molecular flexibility index (Phi) is 4.40. The quantitative estimate of drug-likeness (QED) is 0.796. The highest BCUT2D eigenvalue weighted by molar-refractivity contribution is 5.87. The Balaban J connectivity index is 1.78. The third kappa shape index (κ3) is 2.82. The Labute approximate surface area is 143 Å². The number of ether oxygens (including phenoxy) is 1. The molecule has 6 nitrogen and oxygen atoms in total. The van der Waals surface area contributed by atoms with Gasteiger partial charge in [0.2, 0.25) is 5.91 Å². The van der Waals surface area contributed by atoms with E-state index >= 15 is 0 Å². The van der Waals surface area contributed by atoms with Crippen LogP contribution < -0.4 is 0 Å². The Morgan fingerprint density at radius 2 is 2.00 bits per heavy atom. The third-order valence-electron chi connectivity index (χ3n) is 5.75. The molecule has 1 saturated heterocycles. The van der Waals surface area contributed by atoms with Gasteiger partial charge in [-0.3, -0.25) is 14.3 Å². The van der Waals surface area contributed by atoms with Crippen LogP contribution in [0.5, 0.6) is 0 Å². The summed E-state index contributed by atoms with van der Waals surface area (Å²) in [5.74, 6) is -0.546. The second-order valence-electron chi connectivity index (χ2n) is 7.32. The molecule has 6 heteroatoms. The summed E-state index contributed by atoms with van der Waals surface area (Å²) in [6, 6.07) is 0. The van der Waals surface area contributed by atoms with Crippen LogP contribution in [0.1, 0.15) is 55.5 Å². The van der Waals surface area contributed by atoms with Crippen molar-refractivity contribution in [2.24, 2.45) is 13.0 Å². The Morgan fingerprint density at radius 1 is 1.33 bits per heavy atom. The first kappa shape index (κ1) is 17.0. The molecule has 132 valence electrons. The van der Waals surface area contributed by atoms with Crippen molar-refractivity contribution in [1.82, 2.24) is 14.7 Å². The van der Waals surface area contributed by atoms with Gasteiger partial charge in [0, 0.05) is 31.9 Å². The van der Waals surface area contributed by atoms with Gasteiger partial charge in [-0.15, -0.1) is 0 Å². The van der Waals surface area contributed by atoms with Gasteiger partial charge in [-0.25, -0.2) is 0 Å². The minimum Gasteiger partial charge on any atom is -0.458 e. The summed E-state index contributed by atoms with van der Waals surface area (Å²) in [5, 5.41) is 4.42. The van der Waals surface area contributed by atoms with Crippen LogP contribution in [0.2, 0.25) is 0 Å². The molecule has 1 aromatic heterocycles. The Morgan fingerprint density at radius 3 is 2.58 bits per heavy atom. The van der Waals surface area contributed by atoms with E-state index < -0.39 is 5.60 Å². The number of carbonyl (C=O) groups is 2. The van der Waals surface area contributed by atoms with Gasteiger partial charge in [-0.2, -0.15) is 5.10 Å². The predicted molar refractivity (Wildman–Crippen MR) is 89.2 cm³/mol. The molecule has 1 amide bonds. The van der Waals surface area contributed by atoms with Gasteiger partial charge in [-0.1, -0.05) is 6.42 Å². The molecule has 1 aliphatic heterocycles. The molecule has 2 aliphatic rings. The average Bonchev–Trinajstić information content (AvgIpc) is 2.98. The largest absolute Gasteiger partial charge is 0.458 e. The van der Waals surface area contributed by atoms with Crippen molar-refractivity contribution in [2.75, 3.05) is 7.05 Å². The summed E-state index contributed by atoms with van der Waals surface area (Å²) >= 11 is 0. The van der Waals surface area contributed by atoms with Crippen LogP contribution in [-0.4, -0.2) is 39.2 Å². The summed E-state index contributed by atoms with van der Waals surface area (Å²) in [6.45, 7) is 4.50. The van der Waals surface area contributed by atoms with E-state index in [0.717, 1.165) is 49.1 Å². The molecule has 1 spiro atoms. The maximum atomic E-state index is 13.1. The molecule has 3 rings (SSSR count). The summed E-state index contributed by atoms with van der Waals surface area (Å²) in [5.41, 5.74) is 2.54. The lowest BCUT2D eigenvalue weighted by molar-refractivity contribution is -0.155. The van der Waals surface area contributed by atoms with Gasteiger partial charge in [-0.05, 0) is 39.5 Å². The number of nitrogens with zero attached hydrogens (tertiary/aromatic N) is 3. The third-order valence-corrected chi connectivity index (χ3v) is 5.75. The normalized spacial score (nSPS) is 22.7. The van der Waals surface area contributed by atoms with Gasteiger partial charge in [0.25, 0.3) is 0 Å². The first-order chi connectivity index (χ1) is 11.3. The standard InChI is InChI=1S/C18H27N3O3/c1-12-14(13(2)21(4)19-12)11-20(3)17(23)15-10-16(22)24-18(15)8-6-5-7-9-18/h15H,5-11H2,1-4H3/t15-/m0/s1. The van der Waals surface area contributed by atoms with Crippen LogP contribution in [0.25, 0.3) is 0 Å². The van der Waals surface area contributed by atoms with Crippen LogP contribution in [0.3, 0.4) is 0 Å². The number of esters is 1. The first-order valence-corrected chi connectivity index (χ1v) is 8.80. The molecular formula is C18H27N3O3. The number of aryl methyl sites for hydroxylation is 2. The lowest BCUT2D eigenvalue weighted by Gasteiger charge is -2.37. The summed E-state index contributed by atoms with van der Waals surface area (Å²) in [7, 11) is 3.72. The van der Waals surface area contributed by atoms with Crippen molar-refractivity contribution in [3.63, 3.8) is 0 Å². The van der Waals surface area contributed by atoms with Crippen LogP contribution in [0.4, 0.5) is 0 Å². The molecule has 1 aromatic rings. The van der Waals surface area contributed by atoms with E-state index in [0.29, 0.717) is 6.54 Å². The molecule has 0 aromatic carbocycles. The molecule has 0 bridgehead atoms. The lowest BCUT2D eigenvalue weighted by Crippen LogP contribution is -2.46. The molecular weight excluding hydrogens is 306 g/mol. The maximum absolute atomic E-state index is 13.1. The Hall–Kier alpha value is -1.85. The lowest BCUT2D eigenvalue weighted by atomic mass is 9.75. The summed E-state index contributed by atoms with van der Waals surface area (Å²) < 4.78 is 7.51. The smallest absolute Gasteiger partial charge is 0.307 e. The maximum Gasteiger partial charge on any atom is 0.307 e. The number of rotatable bonds is 3. The molecule has 0 N–H and O–H groups in total. The number of hydrogen-bond acceptors (Lipinski definition) is 4. The van der Waals surface area contributed by atoms with E-state index in [1.165, 1.54) is 0 Å². The van der Waals surface area contributed by atoms with Crippen molar-refractivity contribution >= 4 is 11.9 Å². The monoisotopic (exact) mass is 333 g/mol. The number of hydrogen-bond donors (Lipinski definition) is 0. The Bertz CT molecular complexity index is 659. The van der Waals surface area contributed by atoms with E-state index in [-0.39, 0.29) is 24.2 Å². The van der Waals surface area contributed by atoms with Crippen molar-refractivity contribution in [3.8, 4) is 0 Å². The fraction of sp³-hybridized carbons (Fsp3) is 0.722. The molecule has 1 aliphatic carbocycles. The van der Waals surface area contributed by atoms with Gasteiger partial charge >= 0.3 is 5.97 Å². The van der Waals surface area contributed by atoms with Crippen molar-refractivity contribution in [3.05, 3.63) is 17.0 Å². The molecule has 0 radical (unpaired) electrons. The van der Waals surface area contributed by atoms with Crippen LogP contribution >= 0.6 is 0 Å². The second-order valence-corrected chi connectivity index (χ2v) is 7.32. The zero-order chi connectivity index (χ0) is 17.5. The summed E-state index contributed by atoms with van der Waals surface area (Å²) in [6.07, 6.45) is 5.06. The summed E-state index contributed by atoms with van der Waals surface area (Å²) in [4.78, 5) is 26.7. The van der Waals surface area contributed by atoms with Crippen LogP contribution in [0.15, 0.2) is 0 Å². The molecule has 1 saturated carbocycles. The van der Waals surface area contributed by atoms with E-state index in [4.69, 9.17) is 4.74 Å².